The van der Waals surface area contributed by atoms with Crippen LogP contribution in [-0.2, 0) is 16.0 Å². The molecular formula is C23H26ClN3O3. The van der Waals surface area contributed by atoms with Crippen molar-refractivity contribution in [3.63, 3.8) is 0 Å². The van der Waals surface area contributed by atoms with Gasteiger partial charge in [0.1, 0.15) is 0 Å². The number of carbonyl (C=O) groups excluding carboxylic acids is 3. The van der Waals surface area contributed by atoms with Crippen LogP contribution in [0.5, 0.6) is 0 Å². The summed E-state index contributed by atoms with van der Waals surface area (Å²) in [5.41, 5.74) is 1.94. The maximum Gasteiger partial charge on any atom is 0.251 e. The van der Waals surface area contributed by atoms with Crippen LogP contribution >= 0.6 is 11.6 Å². The molecule has 30 heavy (non-hydrogen) atoms. The molecule has 0 bridgehead atoms. The summed E-state index contributed by atoms with van der Waals surface area (Å²) in [4.78, 5) is 39.0. The first-order valence-electron chi connectivity index (χ1n) is 10.1. The predicted molar refractivity (Wildman–Crippen MR) is 118 cm³/mol. The Morgan fingerprint density at radius 3 is 2.60 bits per heavy atom. The Bertz CT molecular complexity index is 931. The summed E-state index contributed by atoms with van der Waals surface area (Å²) in [5, 5.41) is 5.94. The number of benzene rings is 2. The largest absolute Gasteiger partial charge is 0.350 e. The molecule has 158 valence electrons. The zero-order valence-corrected chi connectivity index (χ0v) is 17.9. The normalized spacial score (nSPS) is 16.1. The van der Waals surface area contributed by atoms with Gasteiger partial charge in [-0.3, -0.25) is 14.4 Å². The van der Waals surface area contributed by atoms with Crippen LogP contribution in [-0.4, -0.2) is 41.8 Å². The molecule has 0 spiro atoms. The van der Waals surface area contributed by atoms with Gasteiger partial charge in [-0.15, -0.1) is 0 Å². The van der Waals surface area contributed by atoms with Gasteiger partial charge in [0.2, 0.25) is 11.8 Å². The average Bonchev–Trinajstić information content (AvgIpc) is 3.09. The minimum atomic E-state index is -0.447. The van der Waals surface area contributed by atoms with E-state index in [1.54, 1.807) is 23.1 Å². The van der Waals surface area contributed by atoms with E-state index in [0.29, 0.717) is 29.4 Å². The molecule has 1 atom stereocenters. The summed E-state index contributed by atoms with van der Waals surface area (Å²) in [6.45, 7) is 4.70. The summed E-state index contributed by atoms with van der Waals surface area (Å²) in [7, 11) is 0. The number of halogens is 1. The molecule has 2 aromatic carbocycles. The molecule has 1 unspecified atom stereocenters. The molecular weight excluding hydrogens is 402 g/mol. The van der Waals surface area contributed by atoms with E-state index in [0.717, 1.165) is 12.0 Å². The number of nitrogens with one attached hydrogen (secondary N) is 2. The highest BCUT2D eigenvalue weighted by atomic mass is 35.5. The van der Waals surface area contributed by atoms with Crippen LogP contribution in [0.25, 0.3) is 0 Å². The summed E-state index contributed by atoms with van der Waals surface area (Å²) in [6, 6.07) is 14.7. The van der Waals surface area contributed by atoms with Gasteiger partial charge in [0, 0.05) is 31.1 Å². The molecule has 7 heteroatoms. The number of likely N-dealkylation sites (tertiary alicyclic amines) is 1. The summed E-state index contributed by atoms with van der Waals surface area (Å²) in [6.07, 6.45) is 0.922. The quantitative estimate of drug-likeness (QED) is 0.709. The smallest absolute Gasteiger partial charge is 0.251 e. The van der Waals surface area contributed by atoms with Crippen molar-refractivity contribution < 1.29 is 14.4 Å². The lowest BCUT2D eigenvalue weighted by Gasteiger charge is -2.17. The third-order valence-electron chi connectivity index (χ3n) is 5.00. The molecule has 3 rings (SSSR count). The van der Waals surface area contributed by atoms with Gasteiger partial charge in [-0.1, -0.05) is 41.9 Å². The topological polar surface area (TPSA) is 78.5 Å². The van der Waals surface area contributed by atoms with Crippen LogP contribution < -0.4 is 10.6 Å². The zero-order valence-electron chi connectivity index (χ0n) is 17.2. The van der Waals surface area contributed by atoms with Gasteiger partial charge in [0.15, 0.2) is 0 Å². The van der Waals surface area contributed by atoms with Crippen LogP contribution in [0.15, 0.2) is 48.5 Å². The van der Waals surface area contributed by atoms with E-state index in [2.05, 4.69) is 10.6 Å². The van der Waals surface area contributed by atoms with Gasteiger partial charge in [0.05, 0.1) is 16.6 Å². The second-order valence-corrected chi connectivity index (χ2v) is 8.20. The predicted octanol–water partition coefficient (Wildman–Crippen LogP) is 3.51. The van der Waals surface area contributed by atoms with E-state index in [1.165, 1.54) is 0 Å². The Hall–Kier alpha value is -2.86. The van der Waals surface area contributed by atoms with Crippen molar-refractivity contribution in [2.45, 2.75) is 32.7 Å². The van der Waals surface area contributed by atoms with Crippen LogP contribution in [0.4, 0.5) is 5.69 Å². The zero-order chi connectivity index (χ0) is 21.7. The Balaban J connectivity index is 1.60. The van der Waals surface area contributed by atoms with Crippen LogP contribution in [0.2, 0.25) is 5.02 Å². The SMILES string of the molecule is CC(C)NC(=O)c1ccc(Cl)c(NC(=O)C2CC(=O)N(CCc3ccccc3)C2)c1. The molecule has 1 aliphatic heterocycles. The molecule has 0 aliphatic carbocycles. The fourth-order valence-electron chi connectivity index (χ4n) is 3.42. The van der Waals surface area contributed by atoms with Crippen LogP contribution in [0, 0.1) is 5.92 Å². The number of nitrogens with zero attached hydrogens (tertiary/aromatic N) is 1. The Kier molecular flexibility index (Phi) is 7.11. The third-order valence-corrected chi connectivity index (χ3v) is 5.33. The molecule has 1 fully saturated rings. The lowest BCUT2D eigenvalue weighted by molar-refractivity contribution is -0.128. The summed E-state index contributed by atoms with van der Waals surface area (Å²) >= 11 is 6.21. The second kappa shape index (κ2) is 9.76. The maximum atomic E-state index is 12.7. The molecule has 0 aromatic heterocycles. The highest BCUT2D eigenvalue weighted by molar-refractivity contribution is 6.34. The lowest BCUT2D eigenvalue weighted by atomic mass is 10.1. The van der Waals surface area contributed by atoms with Crippen molar-refractivity contribution in [2.75, 3.05) is 18.4 Å². The van der Waals surface area contributed by atoms with E-state index in [9.17, 15) is 14.4 Å². The number of amides is 3. The van der Waals surface area contributed by atoms with Gasteiger partial charge in [-0.05, 0) is 44.0 Å². The van der Waals surface area contributed by atoms with Crippen LogP contribution in [0.1, 0.15) is 36.2 Å². The van der Waals surface area contributed by atoms with Gasteiger partial charge < -0.3 is 15.5 Å². The van der Waals surface area contributed by atoms with Crippen molar-refractivity contribution in [3.8, 4) is 0 Å². The standard InChI is InChI=1S/C23H26ClN3O3/c1-15(2)25-22(29)17-8-9-19(24)20(12-17)26-23(30)18-13-21(28)27(14-18)11-10-16-6-4-3-5-7-16/h3-9,12,15,18H,10-11,13-14H2,1-2H3,(H,25,29)(H,26,30). The van der Waals surface area contributed by atoms with Crippen molar-refractivity contribution >= 4 is 35.0 Å². The first-order valence-corrected chi connectivity index (χ1v) is 10.4. The van der Waals surface area contributed by atoms with Crippen molar-refractivity contribution in [2.24, 2.45) is 5.92 Å². The molecule has 2 N–H and O–H groups in total. The number of rotatable bonds is 7. The second-order valence-electron chi connectivity index (χ2n) is 7.79. The van der Waals surface area contributed by atoms with E-state index < -0.39 is 5.92 Å². The van der Waals surface area contributed by atoms with Crippen molar-refractivity contribution in [1.29, 1.82) is 0 Å². The van der Waals surface area contributed by atoms with Gasteiger partial charge in [-0.2, -0.15) is 0 Å². The summed E-state index contributed by atoms with van der Waals surface area (Å²) in [5.74, 6) is -0.978. The van der Waals surface area contributed by atoms with Crippen molar-refractivity contribution in [1.82, 2.24) is 10.2 Å². The number of hydrogen-bond donors (Lipinski definition) is 2. The molecule has 3 amide bonds. The Morgan fingerprint density at radius 2 is 1.90 bits per heavy atom. The van der Waals surface area contributed by atoms with Crippen molar-refractivity contribution in [3.05, 3.63) is 64.7 Å². The lowest BCUT2D eigenvalue weighted by Crippen LogP contribution is -2.31. The van der Waals surface area contributed by atoms with Gasteiger partial charge in [-0.25, -0.2) is 0 Å². The number of hydrogen-bond acceptors (Lipinski definition) is 3. The minimum Gasteiger partial charge on any atom is -0.350 e. The number of carbonyl (C=O) groups is 3. The Morgan fingerprint density at radius 1 is 1.17 bits per heavy atom. The highest BCUT2D eigenvalue weighted by Gasteiger charge is 2.34. The van der Waals surface area contributed by atoms with Gasteiger partial charge >= 0.3 is 0 Å². The van der Waals surface area contributed by atoms with Crippen LogP contribution in [0.3, 0.4) is 0 Å². The molecule has 0 saturated carbocycles. The first kappa shape index (κ1) is 21.8. The summed E-state index contributed by atoms with van der Waals surface area (Å²) < 4.78 is 0. The van der Waals surface area contributed by atoms with E-state index in [1.807, 2.05) is 44.2 Å². The average molecular weight is 428 g/mol. The first-order chi connectivity index (χ1) is 14.3. The number of anilines is 1. The molecule has 1 saturated heterocycles. The fourth-order valence-corrected chi connectivity index (χ4v) is 3.58. The van der Waals surface area contributed by atoms with Gasteiger partial charge in [0.25, 0.3) is 5.91 Å². The third kappa shape index (κ3) is 5.60. The molecule has 6 nitrogen and oxygen atoms in total. The maximum absolute atomic E-state index is 12.7. The molecule has 2 aromatic rings. The molecule has 1 heterocycles. The fraction of sp³-hybridized carbons (Fsp3) is 0.348. The monoisotopic (exact) mass is 427 g/mol. The molecule has 1 aliphatic rings. The minimum absolute atomic E-state index is 0.00223. The highest BCUT2D eigenvalue weighted by Crippen LogP contribution is 2.26. The van der Waals surface area contributed by atoms with E-state index in [4.69, 9.17) is 11.6 Å². The van der Waals surface area contributed by atoms with E-state index in [-0.39, 0.29) is 30.2 Å². The molecule has 0 radical (unpaired) electrons. The van der Waals surface area contributed by atoms with E-state index >= 15 is 0 Å². The Labute approximate surface area is 181 Å².